The Kier molecular flexibility index (Phi) is 5.65. The topological polar surface area (TPSA) is 76.4 Å². The van der Waals surface area contributed by atoms with Gasteiger partial charge in [0.05, 0.1) is 19.3 Å². The van der Waals surface area contributed by atoms with Crippen LogP contribution in [0, 0.1) is 6.92 Å². The van der Waals surface area contributed by atoms with E-state index in [1.54, 1.807) is 13.3 Å². The van der Waals surface area contributed by atoms with Crippen LogP contribution in [0.5, 0.6) is 0 Å². The summed E-state index contributed by atoms with van der Waals surface area (Å²) in [5.41, 5.74) is 0. The van der Waals surface area contributed by atoms with Crippen molar-refractivity contribution < 1.29 is 13.9 Å². The number of aryl methyl sites for hydroxylation is 1. The van der Waals surface area contributed by atoms with E-state index < -0.39 is 0 Å². The molecule has 2 N–H and O–H groups in total. The number of oxazole rings is 1. The van der Waals surface area contributed by atoms with Gasteiger partial charge in [-0.1, -0.05) is 0 Å². The molecule has 6 heteroatoms. The minimum absolute atomic E-state index is 0.0931. The van der Waals surface area contributed by atoms with E-state index in [2.05, 4.69) is 15.6 Å². The second-order valence-electron chi connectivity index (χ2n) is 3.77. The molecule has 1 aromatic heterocycles. The van der Waals surface area contributed by atoms with Crippen LogP contribution in [0.3, 0.4) is 0 Å². The molecule has 0 radical (unpaired) electrons. The molecule has 0 saturated heterocycles. The van der Waals surface area contributed by atoms with E-state index in [0.717, 1.165) is 5.76 Å². The first-order chi connectivity index (χ1) is 8.13. The van der Waals surface area contributed by atoms with Crippen LogP contribution >= 0.6 is 0 Å². The maximum atomic E-state index is 11.5. The van der Waals surface area contributed by atoms with Crippen molar-refractivity contribution in [2.45, 2.75) is 19.9 Å². The van der Waals surface area contributed by atoms with Gasteiger partial charge in [0.25, 0.3) is 0 Å². The average molecular weight is 241 g/mol. The fourth-order valence-electron chi connectivity index (χ4n) is 1.30. The van der Waals surface area contributed by atoms with Gasteiger partial charge in [0.2, 0.25) is 11.8 Å². The summed E-state index contributed by atoms with van der Waals surface area (Å²) in [5.74, 6) is 1.16. The number of amides is 1. The van der Waals surface area contributed by atoms with Crippen molar-refractivity contribution >= 4 is 5.91 Å². The number of carbonyl (C=O) groups is 1. The summed E-state index contributed by atoms with van der Waals surface area (Å²) in [6.07, 6.45) is 1.63. The Morgan fingerprint density at radius 3 is 3.00 bits per heavy atom. The zero-order valence-electron chi connectivity index (χ0n) is 10.4. The summed E-state index contributed by atoms with van der Waals surface area (Å²) < 4.78 is 10.2. The van der Waals surface area contributed by atoms with Gasteiger partial charge in [0, 0.05) is 13.7 Å². The third-order valence-corrected chi connectivity index (χ3v) is 2.16. The number of hydrogen-bond donors (Lipinski definition) is 2. The molecule has 1 rings (SSSR count). The van der Waals surface area contributed by atoms with Crippen molar-refractivity contribution in [2.24, 2.45) is 0 Å². The molecule has 17 heavy (non-hydrogen) atoms. The maximum Gasteiger partial charge on any atom is 0.234 e. The number of methoxy groups -OCH3 is 1. The second-order valence-corrected chi connectivity index (χ2v) is 3.77. The fraction of sp³-hybridized carbons (Fsp3) is 0.636. The second kappa shape index (κ2) is 7.03. The number of nitrogens with one attached hydrogen (secondary N) is 2. The first-order valence-corrected chi connectivity index (χ1v) is 5.55. The molecular weight excluding hydrogens is 222 g/mol. The van der Waals surface area contributed by atoms with E-state index in [1.165, 1.54) is 0 Å². The van der Waals surface area contributed by atoms with Crippen molar-refractivity contribution in [3.63, 3.8) is 0 Å². The Labute approximate surface area is 101 Å². The summed E-state index contributed by atoms with van der Waals surface area (Å²) in [7, 11) is 1.62. The first kappa shape index (κ1) is 13.7. The standard InChI is InChI=1S/C11H19N3O3/c1-8-6-13-11(17-8)9(2)14-10(15)7-12-4-5-16-3/h6,9,12H,4-5,7H2,1-3H3,(H,14,15). The van der Waals surface area contributed by atoms with Gasteiger partial charge < -0.3 is 19.8 Å². The summed E-state index contributed by atoms with van der Waals surface area (Å²) in [6.45, 7) is 5.14. The molecule has 0 fully saturated rings. The molecule has 0 spiro atoms. The Bertz CT molecular complexity index is 351. The predicted molar refractivity (Wildman–Crippen MR) is 62.5 cm³/mol. The number of rotatable bonds is 7. The lowest BCUT2D eigenvalue weighted by molar-refractivity contribution is -0.121. The van der Waals surface area contributed by atoms with E-state index >= 15 is 0 Å². The average Bonchev–Trinajstić information content (AvgIpc) is 2.71. The van der Waals surface area contributed by atoms with E-state index in [0.29, 0.717) is 19.0 Å². The molecule has 0 aliphatic carbocycles. The van der Waals surface area contributed by atoms with Gasteiger partial charge in [0.15, 0.2) is 0 Å². The lowest BCUT2D eigenvalue weighted by Crippen LogP contribution is -2.36. The van der Waals surface area contributed by atoms with Crippen molar-refractivity contribution in [3.8, 4) is 0 Å². The van der Waals surface area contributed by atoms with Crippen molar-refractivity contribution in [1.29, 1.82) is 0 Å². The number of nitrogens with zero attached hydrogens (tertiary/aromatic N) is 1. The van der Waals surface area contributed by atoms with Crippen LogP contribution < -0.4 is 10.6 Å². The minimum Gasteiger partial charge on any atom is -0.444 e. The molecule has 6 nitrogen and oxygen atoms in total. The molecule has 96 valence electrons. The molecule has 1 aromatic rings. The number of hydrogen-bond acceptors (Lipinski definition) is 5. The van der Waals surface area contributed by atoms with Gasteiger partial charge in [-0.15, -0.1) is 0 Å². The Morgan fingerprint density at radius 1 is 1.65 bits per heavy atom. The highest BCUT2D eigenvalue weighted by molar-refractivity contribution is 5.78. The van der Waals surface area contributed by atoms with Crippen molar-refractivity contribution in [2.75, 3.05) is 26.8 Å². The van der Waals surface area contributed by atoms with E-state index in [9.17, 15) is 4.79 Å². The van der Waals surface area contributed by atoms with Gasteiger partial charge in [-0.25, -0.2) is 4.98 Å². The van der Waals surface area contributed by atoms with Crippen LogP contribution in [0.1, 0.15) is 24.6 Å². The molecule has 1 heterocycles. The highest BCUT2D eigenvalue weighted by Crippen LogP contribution is 2.11. The predicted octanol–water partition coefficient (Wildman–Crippen LogP) is 0.396. The smallest absolute Gasteiger partial charge is 0.234 e. The minimum atomic E-state index is -0.222. The van der Waals surface area contributed by atoms with Crippen LogP contribution in [0.2, 0.25) is 0 Å². The molecule has 1 unspecified atom stereocenters. The quantitative estimate of drug-likeness (QED) is 0.676. The third-order valence-electron chi connectivity index (χ3n) is 2.16. The maximum absolute atomic E-state index is 11.5. The summed E-state index contributed by atoms with van der Waals surface area (Å²) in [6, 6.07) is -0.222. The molecule has 0 aromatic carbocycles. The lowest BCUT2D eigenvalue weighted by atomic mass is 10.3. The van der Waals surface area contributed by atoms with E-state index in [1.807, 2.05) is 13.8 Å². The van der Waals surface area contributed by atoms with Gasteiger partial charge in [-0.3, -0.25) is 4.79 Å². The van der Waals surface area contributed by atoms with Gasteiger partial charge >= 0.3 is 0 Å². The molecule has 1 amide bonds. The van der Waals surface area contributed by atoms with Gasteiger partial charge in [0.1, 0.15) is 11.8 Å². The molecule has 0 aliphatic heterocycles. The molecule has 0 bridgehead atoms. The number of carbonyl (C=O) groups excluding carboxylic acids is 1. The summed E-state index contributed by atoms with van der Waals surface area (Å²) in [4.78, 5) is 15.6. The SMILES string of the molecule is COCCNCC(=O)NC(C)c1ncc(C)o1. The number of aromatic nitrogens is 1. The Balaban J connectivity index is 2.26. The zero-order valence-corrected chi connectivity index (χ0v) is 10.4. The Hall–Kier alpha value is -1.40. The van der Waals surface area contributed by atoms with Crippen LogP contribution in [0.25, 0.3) is 0 Å². The van der Waals surface area contributed by atoms with E-state index in [-0.39, 0.29) is 18.5 Å². The zero-order chi connectivity index (χ0) is 12.7. The molecule has 0 aliphatic rings. The molecule has 0 saturated carbocycles. The summed E-state index contributed by atoms with van der Waals surface area (Å²) >= 11 is 0. The summed E-state index contributed by atoms with van der Waals surface area (Å²) in [5, 5.41) is 5.75. The van der Waals surface area contributed by atoms with E-state index in [4.69, 9.17) is 9.15 Å². The molecular formula is C11H19N3O3. The molecule has 1 atom stereocenters. The monoisotopic (exact) mass is 241 g/mol. The van der Waals surface area contributed by atoms with Crippen LogP contribution in [-0.4, -0.2) is 37.7 Å². The van der Waals surface area contributed by atoms with Crippen LogP contribution in [-0.2, 0) is 9.53 Å². The largest absolute Gasteiger partial charge is 0.444 e. The number of ether oxygens (including phenoxy) is 1. The third kappa shape index (κ3) is 4.97. The van der Waals surface area contributed by atoms with Crippen LogP contribution in [0.15, 0.2) is 10.6 Å². The van der Waals surface area contributed by atoms with Crippen molar-refractivity contribution in [3.05, 3.63) is 17.8 Å². The van der Waals surface area contributed by atoms with Gasteiger partial charge in [-0.05, 0) is 13.8 Å². The van der Waals surface area contributed by atoms with Gasteiger partial charge in [-0.2, -0.15) is 0 Å². The first-order valence-electron chi connectivity index (χ1n) is 5.55. The normalized spacial score (nSPS) is 12.4. The van der Waals surface area contributed by atoms with Crippen molar-refractivity contribution in [1.82, 2.24) is 15.6 Å². The fourth-order valence-corrected chi connectivity index (χ4v) is 1.30. The highest BCUT2D eigenvalue weighted by Gasteiger charge is 2.13. The Morgan fingerprint density at radius 2 is 2.41 bits per heavy atom. The van der Waals surface area contributed by atoms with Crippen LogP contribution in [0.4, 0.5) is 0 Å². The lowest BCUT2D eigenvalue weighted by Gasteiger charge is -2.10. The highest BCUT2D eigenvalue weighted by atomic mass is 16.5.